The van der Waals surface area contributed by atoms with E-state index in [0.29, 0.717) is 0 Å². The molecule has 0 bridgehead atoms. The molecule has 1 N–H and O–H groups in total. The maximum absolute atomic E-state index is 11.2. The van der Waals surface area contributed by atoms with Crippen molar-refractivity contribution in [3.63, 3.8) is 0 Å². The molecule has 4 rings (SSSR count). The normalized spacial score (nSPS) is 15.9. The Labute approximate surface area is 182 Å². The number of aromatic nitrogens is 1. The molecule has 1 aliphatic heterocycles. The van der Waals surface area contributed by atoms with Crippen LogP contribution in [0.2, 0.25) is 0 Å². The first-order valence-electron chi connectivity index (χ1n) is 10.4. The van der Waals surface area contributed by atoms with E-state index in [1.165, 1.54) is 0 Å². The molecule has 0 spiro atoms. The van der Waals surface area contributed by atoms with Crippen LogP contribution in [0, 0.1) is 25.7 Å². The van der Waals surface area contributed by atoms with Gasteiger partial charge in [-0.05, 0) is 68.0 Å². The second kappa shape index (κ2) is 8.69. The van der Waals surface area contributed by atoms with Gasteiger partial charge in [-0.25, -0.2) is 0 Å². The highest BCUT2D eigenvalue weighted by molar-refractivity contribution is 5.69. The van der Waals surface area contributed by atoms with Crippen LogP contribution in [0.4, 0.5) is 0 Å². The van der Waals surface area contributed by atoms with Crippen LogP contribution in [0.15, 0.2) is 47.0 Å². The molecule has 0 saturated carbocycles. The van der Waals surface area contributed by atoms with Crippen molar-refractivity contribution < 1.29 is 19.2 Å². The first-order chi connectivity index (χ1) is 15.0. The summed E-state index contributed by atoms with van der Waals surface area (Å²) < 4.78 is 11.7. The molecule has 0 fully saturated rings. The number of carboxylic acids is 1. The molecule has 0 amide bonds. The molecular weight excluding hydrogens is 390 g/mol. The van der Waals surface area contributed by atoms with Gasteiger partial charge >= 0.3 is 5.97 Å². The number of hydrogen-bond donors (Lipinski definition) is 1. The zero-order valence-corrected chi connectivity index (χ0v) is 17.9. The average molecular weight is 415 g/mol. The van der Waals surface area contributed by atoms with E-state index in [1.54, 1.807) is 6.92 Å². The van der Waals surface area contributed by atoms with E-state index in [2.05, 4.69) is 35.2 Å². The second-order valence-corrected chi connectivity index (χ2v) is 7.88. The van der Waals surface area contributed by atoms with Gasteiger partial charge in [-0.1, -0.05) is 41.4 Å². The van der Waals surface area contributed by atoms with Gasteiger partial charge < -0.3 is 14.4 Å². The summed E-state index contributed by atoms with van der Waals surface area (Å²) in [5.74, 6) is 6.37. The van der Waals surface area contributed by atoms with Gasteiger partial charge in [0.2, 0.25) is 0 Å². The van der Waals surface area contributed by atoms with Gasteiger partial charge in [0.05, 0.1) is 18.0 Å². The van der Waals surface area contributed by atoms with Crippen LogP contribution in [0.3, 0.4) is 0 Å². The third kappa shape index (κ3) is 4.34. The van der Waals surface area contributed by atoms with Crippen molar-refractivity contribution in [1.82, 2.24) is 5.16 Å². The van der Waals surface area contributed by atoms with E-state index < -0.39 is 5.97 Å². The number of aliphatic carboxylic acids is 1. The molecule has 2 heterocycles. The number of benzene rings is 2. The van der Waals surface area contributed by atoms with Crippen LogP contribution in [0.25, 0.3) is 11.1 Å². The second-order valence-electron chi connectivity index (χ2n) is 7.88. The summed E-state index contributed by atoms with van der Waals surface area (Å²) in [5, 5.41) is 13.3. The third-order valence-electron chi connectivity index (χ3n) is 5.71. The molecule has 3 aromatic rings. The van der Waals surface area contributed by atoms with Crippen molar-refractivity contribution in [1.29, 1.82) is 0 Å². The molecule has 0 saturated heterocycles. The molecule has 31 heavy (non-hydrogen) atoms. The summed E-state index contributed by atoms with van der Waals surface area (Å²) in [6, 6.07) is 14.3. The molecule has 5 heteroatoms. The molecule has 5 nitrogen and oxygen atoms in total. The number of carbonyl (C=O) groups is 1. The minimum absolute atomic E-state index is 0.00238. The van der Waals surface area contributed by atoms with Crippen molar-refractivity contribution >= 4 is 5.97 Å². The van der Waals surface area contributed by atoms with Crippen LogP contribution in [-0.4, -0.2) is 16.2 Å². The zero-order valence-electron chi connectivity index (χ0n) is 17.9. The van der Waals surface area contributed by atoms with E-state index >= 15 is 0 Å². The lowest BCUT2D eigenvalue weighted by Crippen LogP contribution is -2.16. The highest BCUT2D eigenvalue weighted by Gasteiger charge is 2.24. The Morgan fingerprint density at radius 3 is 2.81 bits per heavy atom. The number of ether oxygens (including phenoxy) is 1. The number of aryl methyl sites for hydroxylation is 3. The minimum Gasteiger partial charge on any atom is -0.485 e. The molecule has 2 aromatic carbocycles. The minimum atomic E-state index is -0.847. The van der Waals surface area contributed by atoms with E-state index in [4.69, 9.17) is 9.26 Å². The summed E-state index contributed by atoms with van der Waals surface area (Å²) in [5.41, 5.74) is 6.13. The highest BCUT2D eigenvalue weighted by atomic mass is 16.5. The predicted molar refractivity (Wildman–Crippen MR) is 118 cm³/mol. The van der Waals surface area contributed by atoms with Crippen LogP contribution >= 0.6 is 0 Å². The van der Waals surface area contributed by atoms with Gasteiger partial charge in [0.15, 0.2) is 0 Å². The summed E-state index contributed by atoms with van der Waals surface area (Å²) in [6.07, 6.45) is 1.68. The lowest BCUT2D eigenvalue weighted by Gasteiger charge is -2.27. The summed E-state index contributed by atoms with van der Waals surface area (Å²) in [4.78, 5) is 11.2. The highest BCUT2D eigenvalue weighted by Crippen LogP contribution is 2.38. The molecule has 2 atom stereocenters. The van der Waals surface area contributed by atoms with Crippen molar-refractivity contribution in [2.75, 3.05) is 0 Å². The maximum Gasteiger partial charge on any atom is 0.304 e. The Kier molecular flexibility index (Phi) is 5.81. The van der Waals surface area contributed by atoms with Gasteiger partial charge in [-0.3, -0.25) is 4.79 Å². The van der Waals surface area contributed by atoms with Crippen molar-refractivity contribution in [3.05, 3.63) is 70.6 Å². The van der Waals surface area contributed by atoms with Gasteiger partial charge in [-0.2, -0.15) is 0 Å². The van der Waals surface area contributed by atoms with Crippen LogP contribution in [-0.2, 0) is 11.2 Å². The van der Waals surface area contributed by atoms with Crippen molar-refractivity contribution in [2.45, 2.75) is 52.1 Å². The number of fused-ring (bicyclic) bond motifs is 1. The molecule has 1 aliphatic rings. The smallest absolute Gasteiger partial charge is 0.304 e. The number of nitrogens with zero attached hydrogens (tertiary/aromatic N) is 1. The monoisotopic (exact) mass is 415 g/mol. The van der Waals surface area contributed by atoms with Gasteiger partial charge in [-0.15, -0.1) is 5.92 Å². The fraction of sp³-hybridized carbons (Fsp3) is 0.308. The molecule has 2 unspecified atom stereocenters. The summed E-state index contributed by atoms with van der Waals surface area (Å²) in [6.45, 7) is 5.61. The largest absolute Gasteiger partial charge is 0.485 e. The molecule has 1 aromatic heterocycles. The number of hydrogen-bond acceptors (Lipinski definition) is 4. The molecule has 158 valence electrons. The van der Waals surface area contributed by atoms with E-state index in [-0.39, 0.29) is 18.4 Å². The summed E-state index contributed by atoms with van der Waals surface area (Å²) in [7, 11) is 0. The van der Waals surface area contributed by atoms with E-state index in [0.717, 1.165) is 57.9 Å². The number of carboxylic acid groups (broad SMARTS) is 1. The molecule has 0 aliphatic carbocycles. The Balaban J connectivity index is 1.58. The van der Waals surface area contributed by atoms with E-state index in [9.17, 15) is 9.90 Å². The SMILES string of the molecule is CC#CC(CC(=O)O)c1ccc2c(c1)CCC(c1cccc(-c3c(C)noc3C)c1)O2. The average Bonchev–Trinajstić information content (AvgIpc) is 3.10. The van der Waals surface area contributed by atoms with Crippen LogP contribution in [0.5, 0.6) is 5.75 Å². The van der Waals surface area contributed by atoms with Gasteiger partial charge in [0.1, 0.15) is 17.6 Å². The van der Waals surface area contributed by atoms with Gasteiger partial charge in [0.25, 0.3) is 0 Å². The Morgan fingerprint density at radius 1 is 1.26 bits per heavy atom. The first kappa shape index (κ1) is 20.7. The molecular formula is C26H25NO4. The van der Waals surface area contributed by atoms with Gasteiger partial charge in [0, 0.05) is 5.56 Å². The third-order valence-corrected chi connectivity index (χ3v) is 5.71. The fourth-order valence-corrected chi connectivity index (χ4v) is 4.25. The van der Waals surface area contributed by atoms with Crippen LogP contribution in [0.1, 0.15) is 59.9 Å². The fourth-order valence-electron chi connectivity index (χ4n) is 4.25. The number of rotatable bonds is 5. The summed E-state index contributed by atoms with van der Waals surface area (Å²) >= 11 is 0. The first-order valence-corrected chi connectivity index (χ1v) is 10.4. The Hall–Kier alpha value is -3.52. The van der Waals surface area contributed by atoms with E-state index in [1.807, 2.05) is 38.1 Å². The predicted octanol–water partition coefficient (Wildman–Crippen LogP) is 5.61. The zero-order chi connectivity index (χ0) is 22.0. The Morgan fingerprint density at radius 2 is 2.10 bits per heavy atom. The maximum atomic E-state index is 11.2. The lowest BCUT2D eigenvalue weighted by atomic mass is 9.90. The molecule has 0 radical (unpaired) electrons. The standard InChI is InChI=1S/C26H25NO4/c1-4-6-18(15-25(28)29)19-9-11-24-21(13-19)10-12-23(30-24)20-7-5-8-22(14-20)26-16(2)27-31-17(26)3/h5,7-9,11,13-14,18,23H,10,12,15H2,1-3H3,(H,28,29). The van der Waals surface area contributed by atoms with Crippen LogP contribution < -0.4 is 4.74 Å². The van der Waals surface area contributed by atoms with Crippen molar-refractivity contribution in [2.24, 2.45) is 0 Å². The Bertz CT molecular complexity index is 1160. The topological polar surface area (TPSA) is 72.6 Å². The van der Waals surface area contributed by atoms with Crippen molar-refractivity contribution in [3.8, 4) is 28.7 Å². The quantitative estimate of drug-likeness (QED) is 0.549. The lowest BCUT2D eigenvalue weighted by molar-refractivity contribution is -0.137.